The summed E-state index contributed by atoms with van der Waals surface area (Å²) >= 11 is 1.23. The first-order valence-corrected chi connectivity index (χ1v) is 4.03. The molecule has 0 fully saturated rings. The summed E-state index contributed by atoms with van der Waals surface area (Å²) < 4.78 is 12.4. The van der Waals surface area contributed by atoms with Crippen molar-refractivity contribution in [1.29, 1.82) is 0 Å². The molecule has 0 amide bonds. The molecule has 0 unspecified atom stereocenters. The van der Waals surface area contributed by atoms with E-state index in [1.807, 2.05) is 30.3 Å². The number of benzene rings is 1. The standard InChI is InChI=1S/C8H9FS/c1-7(9)10-8-5-3-2-4-6-8/h2-7H,1H3/t7-/m0/s1. The van der Waals surface area contributed by atoms with E-state index in [4.69, 9.17) is 0 Å². The van der Waals surface area contributed by atoms with E-state index in [-0.39, 0.29) is 0 Å². The topological polar surface area (TPSA) is 0 Å². The first-order chi connectivity index (χ1) is 4.79. The third kappa shape index (κ3) is 2.40. The largest absolute Gasteiger partial charge is 0.236 e. The Kier molecular flexibility index (Phi) is 2.75. The molecule has 0 aliphatic rings. The van der Waals surface area contributed by atoms with Crippen LogP contribution in [0.3, 0.4) is 0 Å². The third-order valence-electron chi connectivity index (χ3n) is 1.04. The van der Waals surface area contributed by atoms with Crippen LogP contribution in [0.4, 0.5) is 4.39 Å². The highest BCUT2D eigenvalue weighted by Crippen LogP contribution is 2.22. The minimum Gasteiger partial charge on any atom is -0.236 e. The molecule has 54 valence electrons. The lowest BCUT2D eigenvalue weighted by molar-refractivity contribution is 0.483. The summed E-state index contributed by atoms with van der Waals surface area (Å²) in [5.41, 5.74) is -0.817. The van der Waals surface area contributed by atoms with Gasteiger partial charge >= 0.3 is 0 Å². The van der Waals surface area contributed by atoms with Gasteiger partial charge in [0.15, 0.2) is 0 Å². The Morgan fingerprint density at radius 2 is 1.90 bits per heavy atom. The lowest BCUT2D eigenvalue weighted by Crippen LogP contribution is -1.81. The number of alkyl halides is 1. The number of rotatable bonds is 2. The van der Waals surface area contributed by atoms with Gasteiger partial charge in [-0.05, 0) is 19.1 Å². The van der Waals surface area contributed by atoms with Crippen molar-refractivity contribution in [2.24, 2.45) is 0 Å². The maximum Gasteiger partial charge on any atom is 0.147 e. The average Bonchev–Trinajstić information content (AvgIpc) is 1.88. The fourth-order valence-electron chi connectivity index (χ4n) is 0.687. The monoisotopic (exact) mass is 156 g/mol. The van der Waals surface area contributed by atoms with Crippen molar-refractivity contribution < 1.29 is 4.39 Å². The van der Waals surface area contributed by atoms with Crippen molar-refractivity contribution in [3.05, 3.63) is 30.3 Å². The second-order valence-corrected chi connectivity index (χ2v) is 3.33. The van der Waals surface area contributed by atoms with Gasteiger partial charge in [-0.3, -0.25) is 0 Å². The molecule has 0 N–H and O–H groups in total. The smallest absolute Gasteiger partial charge is 0.147 e. The molecular formula is C8H9FS. The van der Waals surface area contributed by atoms with Crippen LogP contribution < -0.4 is 0 Å². The highest BCUT2D eigenvalue weighted by Gasteiger charge is 1.98. The van der Waals surface area contributed by atoms with E-state index >= 15 is 0 Å². The average molecular weight is 156 g/mol. The Labute approximate surface area is 64.4 Å². The van der Waals surface area contributed by atoms with Crippen molar-refractivity contribution in [2.45, 2.75) is 17.3 Å². The van der Waals surface area contributed by atoms with Crippen LogP contribution in [0.2, 0.25) is 0 Å². The van der Waals surface area contributed by atoms with Crippen molar-refractivity contribution >= 4 is 11.8 Å². The van der Waals surface area contributed by atoms with E-state index in [0.29, 0.717) is 0 Å². The molecule has 10 heavy (non-hydrogen) atoms. The summed E-state index contributed by atoms with van der Waals surface area (Å²) in [4.78, 5) is 0.984. The summed E-state index contributed by atoms with van der Waals surface area (Å²) in [6, 6.07) is 9.55. The molecule has 0 aromatic heterocycles. The fourth-order valence-corrected chi connectivity index (χ4v) is 1.38. The maximum atomic E-state index is 12.4. The van der Waals surface area contributed by atoms with Crippen LogP contribution in [-0.2, 0) is 0 Å². The van der Waals surface area contributed by atoms with Gasteiger partial charge in [0.2, 0.25) is 0 Å². The quantitative estimate of drug-likeness (QED) is 0.593. The predicted molar refractivity (Wildman–Crippen MR) is 42.9 cm³/mol. The van der Waals surface area contributed by atoms with Crippen LogP contribution in [0.15, 0.2) is 35.2 Å². The molecule has 0 saturated heterocycles. The molecule has 2 heteroatoms. The van der Waals surface area contributed by atoms with Crippen LogP contribution in [0, 0.1) is 0 Å². The molecule has 0 saturated carbocycles. The zero-order chi connectivity index (χ0) is 7.40. The van der Waals surface area contributed by atoms with E-state index in [9.17, 15) is 4.39 Å². The summed E-state index contributed by atoms with van der Waals surface area (Å²) in [7, 11) is 0. The normalized spacial score (nSPS) is 13.0. The number of hydrogen-bond acceptors (Lipinski definition) is 1. The highest BCUT2D eigenvalue weighted by molar-refractivity contribution is 7.99. The Bertz CT molecular complexity index is 184. The van der Waals surface area contributed by atoms with Crippen molar-refractivity contribution in [1.82, 2.24) is 0 Å². The maximum absolute atomic E-state index is 12.4. The highest BCUT2D eigenvalue weighted by atomic mass is 32.2. The van der Waals surface area contributed by atoms with E-state index in [1.54, 1.807) is 0 Å². The third-order valence-corrected chi connectivity index (χ3v) is 1.91. The fraction of sp³-hybridized carbons (Fsp3) is 0.250. The van der Waals surface area contributed by atoms with Crippen LogP contribution in [0.25, 0.3) is 0 Å². The van der Waals surface area contributed by atoms with Gasteiger partial charge in [0.25, 0.3) is 0 Å². The van der Waals surface area contributed by atoms with Gasteiger partial charge < -0.3 is 0 Å². The zero-order valence-electron chi connectivity index (χ0n) is 5.75. The molecule has 1 aromatic carbocycles. The lowest BCUT2D eigenvalue weighted by Gasteiger charge is -1.99. The van der Waals surface area contributed by atoms with Gasteiger partial charge in [-0.15, -0.1) is 0 Å². The Morgan fingerprint density at radius 1 is 1.30 bits per heavy atom. The van der Waals surface area contributed by atoms with Gasteiger partial charge in [-0.2, -0.15) is 0 Å². The van der Waals surface area contributed by atoms with Gasteiger partial charge in [-0.25, -0.2) is 4.39 Å². The minimum atomic E-state index is -0.817. The second kappa shape index (κ2) is 3.62. The summed E-state index contributed by atoms with van der Waals surface area (Å²) in [5.74, 6) is 0. The van der Waals surface area contributed by atoms with Crippen LogP contribution in [-0.4, -0.2) is 5.50 Å². The molecule has 1 aromatic rings. The molecule has 0 radical (unpaired) electrons. The second-order valence-electron chi connectivity index (χ2n) is 1.97. The molecule has 1 rings (SSSR count). The lowest BCUT2D eigenvalue weighted by atomic mass is 10.4. The zero-order valence-corrected chi connectivity index (χ0v) is 6.57. The molecule has 0 nitrogen and oxygen atoms in total. The van der Waals surface area contributed by atoms with Crippen LogP contribution in [0.5, 0.6) is 0 Å². The Morgan fingerprint density at radius 3 is 2.40 bits per heavy atom. The number of thioether (sulfide) groups is 1. The minimum absolute atomic E-state index is 0.817. The summed E-state index contributed by atoms with van der Waals surface area (Å²) in [6.07, 6.45) is 0. The molecule has 0 bridgehead atoms. The van der Waals surface area contributed by atoms with Crippen molar-refractivity contribution in [3.63, 3.8) is 0 Å². The van der Waals surface area contributed by atoms with E-state index < -0.39 is 5.50 Å². The molecule has 0 spiro atoms. The molecule has 1 atom stereocenters. The summed E-state index contributed by atoms with van der Waals surface area (Å²) in [5, 5.41) is 0. The van der Waals surface area contributed by atoms with E-state index in [1.165, 1.54) is 18.7 Å². The molecular weight excluding hydrogens is 147 g/mol. The van der Waals surface area contributed by atoms with E-state index in [0.717, 1.165) is 4.90 Å². The van der Waals surface area contributed by atoms with Crippen molar-refractivity contribution in [3.8, 4) is 0 Å². The molecule has 0 heterocycles. The number of halogens is 1. The Balaban J connectivity index is 2.59. The van der Waals surface area contributed by atoms with Gasteiger partial charge in [0, 0.05) is 4.90 Å². The van der Waals surface area contributed by atoms with Gasteiger partial charge in [0.05, 0.1) is 0 Å². The van der Waals surface area contributed by atoms with Crippen LogP contribution in [0.1, 0.15) is 6.92 Å². The predicted octanol–water partition coefficient (Wildman–Crippen LogP) is 3.09. The Hall–Kier alpha value is -0.500. The number of hydrogen-bond donors (Lipinski definition) is 0. The van der Waals surface area contributed by atoms with Gasteiger partial charge in [-0.1, -0.05) is 30.0 Å². The van der Waals surface area contributed by atoms with Gasteiger partial charge in [0.1, 0.15) is 5.50 Å². The van der Waals surface area contributed by atoms with E-state index in [2.05, 4.69) is 0 Å². The SMILES string of the molecule is C[C@@H](F)Sc1ccccc1. The first kappa shape index (κ1) is 7.61. The van der Waals surface area contributed by atoms with Crippen molar-refractivity contribution in [2.75, 3.05) is 0 Å². The van der Waals surface area contributed by atoms with Crippen LogP contribution >= 0.6 is 11.8 Å². The molecule has 0 aliphatic heterocycles. The molecule has 0 aliphatic carbocycles. The summed E-state index contributed by atoms with van der Waals surface area (Å²) in [6.45, 7) is 1.54. The first-order valence-electron chi connectivity index (χ1n) is 3.15.